The molecule has 1 aromatic carbocycles. The highest BCUT2D eigenvalue weighted by atomic mass is 35.5. The summed E-state index contributed by atoms with van der Waals surface area (Å²) in [6.45, 7) is 6.07. The molecule has 1 unspecified atom stereocenters. The fraction of sp³-hybridized carbons (Fsp3) is 0.188. The lowest BCUT2D eigenvalue weighted by atomic mass is 10.0. The van der Waals surface area contributed by atoms with E-state index in [0.29, 0.717) is 28.8 Å². The Morgan fingerprint density at radius 2 is 2.04 bits per heavy atom. The van der Waals surface area contributed by atoms with Crippen molar-refractivity contribution in [2.24, 2.45) is 4.99 Å². The number of anilines is 1. The maximum Gasteiger partial charge on any atom is 0.262 e. The molecule has 1 amide bonds. The molecule has 2 N–H and O–H groups in total. The van der Waals surface area contributed by atoms with Gasteiger partial charge in [0.1, 0.15) is 17.4 Å². The van der Waals surface area contributed by atoms with Crippen LogP contribution in [0.1, 0.15) is 18.5 Å². The van der Waals surface area contributed by atoms with Crippen LogP contribution in [-0.2, 0) is 4.79 Å². The standard InChI is InChI=1S/C16H14Cl3N5O/c1-8(2)7-20-15-13(12-3-4-21-22-12)16(25)24(23-15)14-10(18)5-9(17)6-11(14)19/h3-6,13H,1,7H2,2H3,(H,20,23)(H,21,22). The number of rotatable bonds is 4. The molecule has 2 heterocycles. The van der Waals surface area contributed by atoms with Crippen molar-refractivity contribution in [3.8, 4) is 0 Å². The molecular weight excluding hydrogens is 385 g/mol. The molecule has 0 spiro atoms. The molecule has 1 aliphatic rings. The largest absolute Gasteiger partial charge is 0.281 e. The van der Waals surface area contributed by atoms with E-state index in [9.17, 15) is 4.79 Å². The maximum absolute atomic E-state index is 13.0. The summed E-state index contributed by atoms with van der Waals surface area (Å²) >= 11 is 18.5. The van der Waals surface area contributed by atoms with Gasteiger partial charge in [0.05, 0.1) is 22.3 Å². The Morgan fingerprint density at radius 3 is 2.60 bits per heavy atom. The van der Waals surface area contributed by atoms with Crippen LogP contribution in [0.25, 0.3) is 0 Å². The number of carbonyl (C=O) groups excluding carboxylic acids is 1. The van der Waals surface area contributed by atoms with E-state index in [1.165, 1.54) is 17.1 Å². The molecule has 0 saturated carbocycles. The number of carbonyl (C=O) groups is 1. The van der Waals surface area contributed by atoms with Gasteiger partial charge in [0, 0.05) is 11.2 Å². The summed E-state index contributed by atoms with van der Waals surface area (Å²) in [5.74, 6) is -0.486. The minimum atomic E-state index is -0.662. The highest BCUT2D eigenvalue weighted by Crippen LogP contribution is 2.39. The Bertz CT molecular complexity index is 840. The summed E-state index contributed by atoms with van der Waals surface area (Å²) in [5, 5.41) is 8.89. The van der Waals surface area contributed by atoms with Crippen molar-refractivity contribution in [3.63, 3.8) is 0 Å². The Kier molecular flexibility index (Phi) is 5.03. The van der Waals surface area contributed by atoms with E-state index in [-0.39, 0.29) is 16.0 Å². The molecule has 25 heavy (non-hydrogen) atoms. The van der Waals surface area contributed by atoms with Gasteiger partial charge in [-0.15, -0.1) is 0 Å². The number of hydrogen-bond acceptors (Lipinski definition) is 3. The van der Waals surface area contributed by atoms with Crippen molar-refractivity contribution >= 4 is 52.2 Å². The topological polar surface area (TPSA) is 73.4 Å². The van der Waals surface area contributed by atoms with E-state index in [2.05, 4.69) is 27.2 Å². The quantitative estimate of drug-likeness (QED) is 0.765. The molecule has 1 aliphatic heterocycles. The summed E-state index contributed by atoms with van der Waals surface area (Å²) in [6.07, 6.45) is 1.57. The van der Waals surface area contributed by atoms with Gasteiger partial charge in [-0.1, -0.05) is 47.0 Å². The van der Waals surface area contributed by atoms with Gasteiger partial charge < -0.3 is 0 Å². The molecule has 130 valence electrons. The zero-order valence-corrected chi connectivity index (χ0v) is 15.5. The van der Waals surface area contributed by atoms with E-state index >= 15 is 0 Å². The lowest BCUT2D eigenvalue weighted by Crippen LogP contribution is -2.36. The second-order valence-electron chi connectivity index (χ2n) is 5.61. The Hall–Kier alpha value is -2.02. The van der Waals surface area contributed by atoms with Crippen LogP contribution < -0.4 is 10.4 Å². The van der Waals surface area contributed by atoms with Gasteiger partial charge in [-0.25, -0.2) is 5.01 Å². The molecule has 0 bridgehead atoms. The second-order valence-corrected chi connectivity index (χ2v) is 6.86. The van der Waals surface area contributed by atoms with Crippen LogP contribution in [0.3, 0.4) is 0 Å². The van der Waals surface area contributed by atoms with Crippen molar-refractivity contribution in [2.45, 2.75) is 12.8 Å². The third kappa shape index (κ3) is 3.51. The fourth-order valence-electron chi connectivity index (χ4n) is 2.45. The highest BCUT2D eigenvalue weighted by molar-refractivity contribution is 6.43. The summed E-state index contributed by atoms with van der Waals surface area (Å²) in [7, 11) is 0. The van der Waals surface area contributed by atoms with E-state index in [4.69, 9.17) is 34.8 Å². The first kappa shape index (κ1) is 17.8. The van der Waals surface area contributed by atoms with E-state index in [1.807, 2.05) is 6.92 Å². The summed E-state index contributed by atoms with van der Waals surface area (Å²) in [6, 6.07) is 4.76. The predicted molar refractivity (Wildman–Crippen MR) is 101 cm³/mol. The SMILES string of the molecule is C=C(C)CN=C1NN(c2c(Cl)cc(Cl)cc2Cl)C(=O)C1c1ccn[nH]1. The average molecular weight is 399 g/mol. The molecule has 0 radical (unpaired) electrons. The first-order valence-corrected chi connectivity index (χ1v) is 8.45. The number of nitrogens with one attached hydrogen (secondary N) is 2. The fourth-order valence-corrected chi connectivity index (χ4v) is 3.44. The second kappa shape index (κ2) is 7.07. The summed E-state index contributed by atoms with van der Waals surface area (Å²) in [4.78, 5) is 17.5. The number of amides is 1. The van der Waals surface area contributed by atoms with Crippen LogP contribution >= 0.6 is 34.8 Å². The minimum Gasteiger partial charge on any atom is -0.281 e. The predicted octanol–water partition coefficient (Wildman–Crippen LogP) is 3.98. The van der Waals surface area contributed by atoms with Crippen molar-refractivity contribution in [1.82, 2.24) is 15.6 Å². The monoisotopic (exact) mass is 397 g/mol. The number of hydrazine groups is 1. The van der Waals surface area contributed by atoms with Gasteiger partial charge in [0.15, 0.2) is 0 Å². The van der Waals surface area contributed by atoms with E-state index < -0.39 is 5.92 Å². The Labute approximate surface area is 159 Å². The van der Waals surface area contributed by atoms with Crippen LogP contribution in [0.5, 0.6) is 0 Å². The zero-order valence-electron chi connectivity index (χ0n) is 13.2. The van der Waals surface area contributed by atoms with Gasteiger partial charge in [-0.2, -0.15) is 5.10 Å². The van der Waals surface area contributed by atoms with Gasteiger partial charge in [-0.3, -0.25) is 20.3 Å². The third-order valence-electron chi connectivity index (χ3n) is 3.53. The number of amidine groups is 1. The van der Waals surface area contributed by atoms with Crippen molar-refractivity contribution in [2.75, 3.05) is 11.6 Å². The van der Waals surface area contributed by atoms with Crippen LogP contribution in [0, 0.1) is 0 Å². The number of benzene rings is 1. The normalized spacial score (nSPS) is 18.7. The number of aromatic amines is 1. The molecule has 1 aromatic heterocycles. The Balaban J connectivity index is 2.05. The first-order valence-electron chi connectivity index (χ1n) is 7.31. The lowest BCUT2D eigenvalue weighted by Gasteiger charge is -2.19. The highest BCUT2D eigenvalue weighted by Gasteiger charge is 2.41. The molecule has 0 aliphatic carbocycles. The maximum atomic E-state index is 13.0. The van der Waals surface area contributed by atoms with Crippen LogP contribution in [0.4, 0.5) is 5.69 Å². The van der Waals surface area contributed by atoms with Gasteiger partial charge >= 0.3 is 0 Å². The number of halogens is 3. The molecule has 3 rings (SSSR count). The lowest BCUT2D eigenvalue weighted by molar-refractivity contribution is -0.118. The molecule has 6 nitrogen and oxygen atoms in total. The molecular formula is C16H14Cl3N5O. The molecule has 1 fully saturated rings. The van der Waals surface area contributed by atoms with Crippen molar-refractivity contribution in [3.05, 3.63) is 57.3 Å². The van der Waals surface area contributed by atoms with Gasteiger partial charge in [0.25, 0.3) is 5.91 Å². The summed E-state index contributed by atoms with van der Waals surface area (Å²) < 4.78 is 0. The average Bonchev–Trinajstić information content (AvgIpc) is 3.13. The van der Waals surface area contributed by atoms with Crippen LogP contribution in [0.2, 0.25) is 15.1 Å². The molecule has 1 saturated heterocycles. The Morgan fingerprint density at radius 1 is 1.36 bits per heavy atom. The molecule has 9 heteroatoms. The molecule has 2 aromatic rings. The number of nitrogens with zero attached hydrogens (tertiary/aromatic N) is 3. The molecule has 1 atom stereocenters. The van der Waals surface area contributed by atoms with E-state index in [0.717, 1.165) is 5.57 Å². The van der Waals surface area contributed by atoms with E-state index in [1.54, 1.807) is 12.3 Å². The number of hydrogen-bond donors (Lipinski definition) is 2. The van der Waals surface area contributed by atoms with Gasteiger partial charge in [0.2, 0.25) is 0 Å². The van der Waals surface area contributed by atoms with Crippen LogP contribution in [0.15, 0.2) is 41.5 Å². The van der Waals surface area contributed by atoms with Crippen LogP contribution in [-0.4, -0.2) is 28.5 Å². The third-order valence-corrected chi connectivity index (χ3v) is 4.32. The number of H-pyrrole nitrogens is 1. The first-order chi connectivity index (χ1) is 11.9. The van der Waals surface area contributed by atoms with Crippen molar-refractivity contribution in [1.29, 1.82) is 0 Å². The zero-order chi connectivity index (χ0) is 18.1. The number of aromatic nitrogens is 2. The summed E-state index contributed by atoms with van der Waals surface area (Å²) in [5.41, 5.74) is 4.79. The van der Waals surface area contributed by atoms with Gasteiger partial charge in [-0.05, 0) is 25.1 Å². The number of aliphatic imine (C=N–C) groups is 1. The van der Waals surface area contributed by atoms with Crippen molar-refractivity contribution < 1.29 is 4.79 Å². The smallest absolute Gasteiger partial charge is 0.262 e. The minimum absolute atomic E-state index is 0.253.